The molecule has 190 valence electrons. The molecular formula is C26H27Cl2N3O4S. The molecule has 1 aromatic heterocycles. The molecule has 1 aliphatic heterocycles. The number of nitrogens with one attached hydrogen (secondary N) is 1. The van der Waals surface area contributed by atoms with Crippen LogP contribution >= 0.6 is 34.5 Å². The van der Waals surface area contributed by atoms with E-state index >= 15 is 0 Å². The Morgan fingerprint density at radius 2 is 1.75 bits per heavy atom. The summed E-state index contributed by atoms with van der Waals surface area (Å²) in [5.41, 5.74) is 1.23. The Labute approximate surface area is 224 Å². The molecule has 0 aliphatic carbocycles. The van der Waals surface area contributed by atoms with Crippen LogP contribution in [0.25, 0.3) is 0 Å². The van der Waals surface area contributed by atoms with Crippen LogP contribution in [0, 0.1) is 5.92 Å². The van der Waals surface area contributed by atoms with Crippen LogP contribution in [-0.4, -0.2) is 41.6 Å². The van der Waals surface area contributed by atoms with Crippen LogP contribution in [-0.2, 0) is 17.9 Å². The summed E-state index contributed by atoms with van der Waals surface area (Å²) in [6.45, 7) is 5.25. The zero-order chi connectivity index (χ0) is 25.7. The lowest BCUT2D eigenvalue weighted by atomic mass is 10.1. The van der Waals surface area contributed by atoms with Gasteiger partial charge in [-0.25, -0.2) is 4.79 Å². The second-order valence-electron chi connectivity index (χ2n) is 8.82. The first-order valence-corrected chi connectivity index (χ1v) is 13.1. The van der Waals surface area contributed by atoms with Gasteiger partial charge in [-0.3, -0.25) is 4.79 Å². The summed E-state index contributed by atoms with van der Waals surface area (Å²) < 4.78 is 10.9. The molecule has 1 N–H and O–H groups in total. The summed E-state index contributed by atoms with van der Waals surface area (Å²) >= 11 is 14.1. The maximum atomic E-state index is 13.6. The van der Waals surface area contributed by atoms with Gasteiger partial charge in [0.05, 0.1) is 22.3 Å². The van der Waals surface area contributed by atoms with E-state index in [1.54, 1.807) is 34.4 Å². The van der Waals surface area contributed by atoms with E-state index in [4.69, 9.17) is 32.7 Å². The standard InChI is InChI=1S/C26H27Cl2N3O4S/c1-17(2)12-31(26(33)29-25-20(27)6-3-7-21(25)28)15-24(32)30(14-19-5-4-10-36-19)13-18-8-9-22-23(11-18)35-16-34-22/h3-11,17H,12-16H2,1-2H3,(H,29,33). The van der Waals surface area contributed by atoms with E-state index in [1.165, 1.54) is 4.90 Å². The molecule has 0 spiro atoms. The van der Waals surface area contributed by atoms with E-state index in [1.807, 2.05) is 49.6 Å². The van der Waals surface area contributed by atoms with Gasteiger partial charge in [0.25, 0.3) is 0 Å². The first kappa shape index (κ1) is 26.1. The Morgan fingerprint density at radius 1 is 1.00 bits per heavy atom. The predicted molar refractivity (Wildman–Crippen MR) is 143 cm³/mol. The topological polar surface area (TPSA) is 71.1 Å². The molecule has 0 unspecified atom stereocenters. The second kappa shape index (κ2) is 11.9. The lowest BCUT2D eigenvalue weighted by molar-refractivity contribution is -0.133. The number of hydrogen-bond donors (Lipinski definition) is 1. The van der Waals surface area contributed by atoms with Gasteiger partial charge in [-0.2, -0.15) is 0 Å². The van der Waals surface area contributed by atoms with Crippen molar-refractivity contribution in [3.8, 4) is 11.5 Å². The molecule has 36 heavy (non-hydrogen) atoms. The van der Waals surface area contributed by atoms with Gasteiger partial charge in [-0.1, -0.05) is 55.2 Å². The van der Waals surface area contributed by atoms with Crippen molar-refractivity contribution >= 4 is 52.2 Å². The average molecular weight is 548 g/mol. The van der Waals surface area contributed by atoms with Crippen molar-refractivity contribution in [3.63, 3.8) is 0 Å². The fraction of sp³-hybridized carbons (Fsp3) is 0.308. The first-order valence-electron chi connectivity index (χ1n) is 11.5. The van der Waals surface area contributed by atoms with Crippen molar-refractivity contribution in [1.29, 1.82) is 0 Å². The minimum absolute atomic E-state index is 0.0952. The van der Waals surface area contributed by atoms with E-state index in [0.717, 1.165) is 10.4 Å². The van der Waals surface area contributed by atoms with Gasteiger partial charge in [-0.15, -0.1) is 11.3 Å². The number of nitrogens with zero attached hydrogens (tertiary/aromatic N) is 2. The Morgan fingerprint density at radius 3 is 2.44 bits per heavy atom. The molecular weight excluding hydrogens is 521 g/mol. The highest BCUT2D eigenvalue weighted by Crippen LogP contribution is 2.33. The molecule has 0 atom stereocenters. The zero-order valence-corrected chi connectivity index (χ0v) is 22.3. The zero-order valence-electron chi connectivity index (χ0n) is 20.0. The maximum absolute atomic E-state index is 13.6. The number of hydrogen-bond acceptors (Lipinski definition) is 5. The SMILES string of the molecule is CC(C)CN(CC(=O)N(Cc1ccc2c(c1)OCO2)Cc1cccs1)C(=O)Nc1c(Cl)cccc1Cl. The fourth-order valence-corrected chi connectivity index (χ4v) is 5.02. The van der Waals surface area contributed by atoms with Crippen LogP contribution in [0.15, 0.2) is 53.9 Å². The van der Waals surface area contributed by atoms with Gasteiger partial charge in [0.1, 0.15) is 6.54 Å². The van der Waals surface area contributed by atoms with E-state index in [9.17, 15) is 9.59 Å². The molecule has 0 saturated carbocycles. The van der Waals surface area contributed by atoms with Crippen LogP contribution in [0.1, 0.15) is 24.3 Å². The third-order valence-electron chi connectivity index (χ3n) is 5.48. The summed E-state index contributed by atoms with van der Waals surface area (Å²) in [6, 6.07) is 14.1. The van der Waals surface area contributed by atoms with Crippen molar-refractivity contribution in [2.45, 2.75) is 26.9 Å². The van der Waals surface area contributed by atoms with Gasteiger partial charge in [0.15, 0.2) is 11.5 Å². The van der Waals surface area contributed by atoms with Crippen LogP contribution < -0.4 is 14.8 Å². The Hall–Kier alpha value is -2.94. The molecule has 2 aromatic carbocycles. The number of thiophene rings is 1. The number of fused-ring (bicyclic) bond motifs is 1. The average Bonchev–Trinajstić information content (AvgIpc) is 3.52. The van der Waals surface area contributed by atoms with Crippen LogP contribution in [0.4, 0.5) is 10.5 Å². The third kappa shape index (κ3) is 6.63. The number of ether oxygens (including phenoxy) is 2. The molecule has 0 bridgehead atoms. The minimum Gasteiger partial charge on any atom is -0.454 e. The normalized spacial score (nSPS) is 12.0. The summed E-state index contributed by atoms with van der Waals surface area (Å²) in [6.07, 6.45) is 0. The highest BCUT2D eigenvalue weighted by molar-refractivity contribution is 7.09. The number of carbonyl (C=O) groups excluding carboxylic acids is 2. The quantitative estimate of drug-likeness (QED) is 0.331. The Balaban J connectivity index is 1.53. The van der Waals surface area contributed by atoms with Gasteiger partial charge >= 0.3 is 6.03 Å². The maximum Gasteiger partial charge on any atom is 0.322 e. The Kier molecular flexibility index (Phi) is 8.61. The summed E-state index contributed by atoms with van der Waals surface area (Å²) in [4.78, 5) is 31.1. The van der Waals surface area contributed by atoms with E-state index < -0.39 is 6.03 Å². The van der Waals surface area contributed by atoms with E-state index in [2.05, 4.69) is 5.32 Å². The number of carbonyl (C=O) groups is 2. The molecule has 10 heteroatoms. The van der Waals surface area contributed by atoms with Gasteiger partial charge in [-0.05, 0) is 47.2 Å². The lowest BCUT2D eigenvalue weighted by Gasteiger charge is -2.29. The Bertz CT molecular complexity index is 1200. The molecule has 0 saturated heterocycles. The van der Waals surface area contributed by atoms with E-state index in [0.29, 0.717) is 46.9 Å². The van der Waals surface area contributed by atoms with Crippen LogP contribution in [0.2, 0.25) is 10.0 Å². The number of amides is 3. The molecule has 7 nitrogen and oxygen atoms in total. The largest absolute Gasteiger partial charge is 0.454 e. The lowest BCUT2D eigenvalue weighted by Crippen LogP contribution is -2.45. The van der Waals surface area contributed by atoms with Crippen LogP contribution in [0.3, 0.4) is 0 Å². The highest BCUT2D eigenvalue weighted by atomic mass is 35.5. The van der Waals surface area contributed by atoms with E-state index in [-0.39, 0.29) is 25.2 Å². The minimum atomic E-state index is -0.439. The monoisotopic (exact) mass is 547 g/mol. The summed E-state index contributed by atoms with van der Waals surface area (Å²) in [5.74, 6) is 1.31. The first-order chi connectivity index (χ1) is 17.3. The number of rotatable bonds is 9. The van der Waals surface area contributed by atoms with Crippen molar-refractivity contribution in [3.05, 3.63) is 74.4 Å². The van der Waals surface area contributed by atoms with Crippen molar-refractivity contribution in [1.82, 2.24) is 9.80 Å². The number of benzene rings is 2. The van der Waals surface area contributed by atoms with Crippen molar-refractivity contribution in [2.24, 2.45) is 5.92 Å². The van der Waals surface area contributed by atoms with Gasteiger partial charge < -0.3 is 24.6 Å². The van der Waals surface area contributed by atoms with Gasteiger partial charge in [0, 0.05) is 18.0 Å². The summed E-state index contributed by atoms with van der Waals surface area (Å²) in [7, 11) is 0. The number of urea groups is 1. The van der Waals surface area contributed by atoms with Crippen molar-refractivity contribution in [2.75, 3.05) is 25.2 Å². The third-order valence-corrected chi connectivity index (χ3v) is 6.97. The van der Waals surface area contributed by atoms with Crippen molar-refractivity contribution < 1.29 is 19.1 Å². The highest BCUT2D eigenvalue weighted by Gasteiger charge is 2.24. The smallest absolute Gasteiger partial charge is 0.322 e. The molecule has 4 rings (SSSR count). The molecule has 3 aromatic rings. The molecule has 0 fully saturated rings. The number of para-hydroxylation sites is 1. The fourth-order valence-electron chi connectivity index (χ4n) is 3.81. The van der Waals surface area contributed by atoms with Crippen LogP contribution in [0.5, 0.6) is 11.5 Å². The predicted octanol–water partition coefficient (Wildman–Crippen LogP) is 6.50. The summed E-state index contributed by atoms with van der Waals surface area (Å²) in [5, 5.41) is 5.41. The molecule has 3 amide bonds. The molecule has 0 radical (unpaired) electrons. The molecule has 1 aliphatic rings. The number of anilines is 1. The molecule has 2 heterocycles. The van der Waals surface area contributed by atoms with Gasteiger partial charge in [0.2, 0.25) is 12.7 Å². The number of halogens is 2. The second-order valence-corrected chi connectivity index (χ2v) is 10.7.